The molecule has 2 atom stereocenters. The maximum Gasteiger partial charge on any atom is 0.436 e. The number of carbonyl (C=O) groups excluding carboxylic acids is 2. The summed E-state index contributed by atoms with van der Waals surface area (Å²) in [6.07, 6.45) is -4.73. The van der Waals surface area contributed by atoms with E-state index in [-0.39, 0.29) is 18.1 Å². The van der Waals surface area contributed by atoms with Gasteiger partial charge in [0, 0.05) is 5.75 Å². The van der Waals surface area contributed by atoms with Crippen LogP contribution in [0.1, 0.15) is 31.3 Å². The summed E-state index contributed by atoms with van der Waals surface area (Å²) in [4.78, 5) is 23.9. The third-order valence-electron chi connectivity index (χ3n) is 3.16. The average molecular weight is 388 g/mol. The summed E-state index contributed by atoms with van der Waals surface area (Å²) in [7, 11) is 0. The number of rotatable bonds is 6. The van der Waals surface area contributed by atoms with Gasteiger partial charge >= 0.3 is 12.1 Å². The van der Waals surface area contributed by atoms with Gasteiger partial charge in [0.25, 0.3) is 0 Å². The van der Waals surface area contributed by atoms with E-state index in [2.05, 4.69) is 23.0 Å². The molecule has 11 heteroatoms. The molecule has 1 rings (SSSR count). The van der Waals surface area contributed by atoms with Gasteiger partial charge in [-0.15, -0.1) is 0 Å². The van der Waals surface area contributed by atoms with Crippen LogP contribution in [0, 0.1) is 6.92 Å². The van der Waals surface area contributed by atoms with Crippen molar-refractivity contribution in [3.63, 3.8) is 0 Å². The third-order valence-corrected chi connectivity index (χ3v) is 3.98. The van der Waals surface area contributed by atoms with E-state index in [9.17, 15) is 22.8 Å². The molecular formula is C13H17ClF3N3O3S. The molecule has 1 aromatic rings. The Labute approximate surface area is 147 Å². The fraction of sp³-hybridized carbons (Fsp3) is 0.615. The summed E-state index contributed by atoms with van der Waals surface area (Å²) in [5, 5.41) is 5.18. The maximum atomic E-state index is 12.8. The number of thiol groups is 1. The minimum Gasteiger partial charge on any atom is -0.464 e. The van der Waals surface area contributed by atoms with Crippen molar-refractivity contribution < 1.29 is 27.5 Å². The van der Waals surface area contributed by atoms with Crippen molar-refractivity contribution in [2.45, 2.75) is 39.0 Å². The van der Waals surface area contributed by atoms with E-state index in [1.165, 1.54) is 13.8 Å². The van der Waals surface area contributed by atoms with Gasteiger partial charge in [0.2, 0.25) is 5.91 Å². The molecule has 0 aromatic carbocycles. The number of aromatic nitrogens is 2. The lowest BCUT2D eigenvalue weighted by Gasteiger charge is -2.19. The maximum absolute atomic E-state index is 12.8. The van der Waals surface area contributed by atoms with Crippen molar-refractivity contribution in [3.8, 4) is 0 Å². The Kier molecular flexibility index (Phi) is 6.97. The quantitative estimate of drug-likeness (QED) is 0.580. The van der Waals surface area contributed by atoms with Gasteiger partial charge in [0.1, 0.15) is 12.1 Å². The lowest BCUT2D eigenvalue weighted by molar-refractivity contribution is -0.147. The smallest absolute Gasteiger partial charge is 0.436 e. The van der Waals surface area contributed by atoms with E-state index >= 15 is 0 Å². The summed E-state index contributed by atoms with van der Waals surface area (Å²) in [6, 6.07) is -2.13. The Morgan fingerprint density at radius 2 is 2.04 bits per heavy atom. The second kappa shape index (κ2) is 8.11. The van der Waals surface area contributed by atoms with Crippen LogP contribution in [0.2, 0.25) is 5.02 Å². The Hall–Kier alpha value is -1.42. The van der Waals surface area contributed by atoms with E-state index in [0.717, 1.165) is 4.68 Å². The molecule has 0 saturated heterocycles. The van der Waals surface area contributed by atoms with Crippen LogP contribution in [0.25, 0.3) is 0 Å². The van der Waals surface area contributed by atoms with E-state index in [1.807, 2.05) is 0 Å². The Balaban J connectivity index is 2.99. The van der Waals surface area contributed by atoms with Crippen molar-refractivity contribution in [3.05, 3.63) is 16.4 Å². The van der Waals surface area contributed by atoms with Gasteiger partial charge in [0.15, 0.2) is 5.69 Å². The van der Waals surface area contributed by atoms with Gasteiger partial charge in [-0.3, -0.25) is 9.48 Å². The molecular weight excluding hydrogens is 371 g/mol. The van der Waals surface area contributed by atoms with Crippen molar-refractivity contribution in [1.82, 2.24) is 15.1 Å². The number of hydrogen-bond acceptors (Lipinski definition) is 5. The Morgan fingerprint density at radius 3 is 2.46 bits per heavy atom. The topological polar surface area (TPSA) is 73.2 Å². The van der Waals surface area contributed by atoms with E-state index in [1.54, 1.807) is 6.92 Å². The standard InChI is InChI=1S/C13H17ClF3N3O3S/c1-4-23-12(22)8(5-24)18-11(21)7(3)20-6(2)9(14)10(19-20)13(15,16)17/h7-8,24H,4-5H2,1-3H3,(H,18,21)/t7?,8-/m0/s1. The van der Waals surface area contributed by atoms with E-state index in [4.69, 9.17) is 16.3 Å². The number of esters is 1. The predicted molar refractivity (Wildman–Crippen MR) is 84.1 cm³/mol. The molecule has 0 spiro atoms. The minimum atomic E-state index is -4.73. The average Bonchev–Trinajstić information content (AvgIpc) is 2.80. The lowest BCUT2D eigenvalue weighted by atomic mass is 10.2. The number of halogens is 4. The van der Waals surface area contributed by atoms with E-state index in [0.29, 0.717) is 0 Å². The number of amides is 1. The van der Waals surface area contributed by atoms with Crippen LogP contribution in [0.3, 0.4) is 0 Å². The third kappa shape index (κ3) is 4.56. The highest BCUT2D eigenvalue weighted by Crippen LogP contribution is 2.36. The van der Waals surface area contributed by atoms with Crippen LogP contribution >= 0.6 is 24.2 Å². The normalized spacial score (nSPS) is 14.2. The number of ether oxygens (including phenoxy) is 1. The first-order valence-electron chi connectivity index (χ1n) is 6.94. The number of nitrogens with one attached hydrogen (secondary N) is 1. The summed E-state index contributed by atoms with van der Waals surface area (Å²) in [6.45, 7) is 4.38. The molecule has 1 N–H and O–H groups in total. The van der Waals surface area contributed by atoms with Gasteiger partial charge in [0.05, 0.1) is 17.3 Å². The van der Waals surface area contributed by atoms with Crippen molar-refractivity contribution in [2.24, 2.45) is 0 Å². The van der Waals surface area contributed by atoms with E-state index < -0.39 is 40.9 Å². The minimum absolute atomic E-state index is 0.00907. The van der Waals surface area contributed by atoms with Crippen LogP contribution in [0.5, 0.6) is 0 Å². The number of alkyl halides is 3. The summed E-state index contributed by atoms with van der Waals surface area (Å²) in [5.74, 6) is -1.42. The van der Waals surface area contributed by atoms with Crippen LogP contribution in [-0.4, -0.2) is 40.1 Å². The summed E-state index contributed by atoms with van der Waals surface area (Å²) < 4.78 is 44.1. The SMILES string of the molecule is CCOC(=O)[C@H](CS)NC(=O)C(C)n1nc(C(F)(F)F)c(Cl)c1C. The second-order valence-corrected chi connectivity index (χ2v) is 5.61. The molecule has 1 amide bonds. The van der Waals surface area contributed by atoms with Crippen LogP contribution < -0.4 is 5.32 Å². The number of nitrogens with zero attached hydrogens (tertiary/aromatic N) is 2. The molecule has 24 heavy (non-hydrogen) atoms. The fourth-order valence-corrected chi connectivity index (χ4v) is 2.35. The van der Waals surface area contributed by atoms with Crippen LogP contribution in [0.4, 0.5) is 13.2 Å². The second-order valence-electron chi connectivity index (χ2n) is 4.86. The first kappa shape index (κ1) is 20.6. The van der Waals surface area contributed by atoms with Crippen molar-refractivity contribution >= 4 is 36.1 Å². The largest absolute Gasteiger partial charge is 0.464 e. The highest BCUT2D eigenvalue weighted by molar-refractivity contribution is 7.80. The predicted octanol–water partition coefficient (Wildman–Crippen LogP) is 2.40. The van der Waals surface area contributed by atoms with Gasteiger partial charge in [-0.1, -0.05) is 11.6 Å². The molecule has 0 aliphatic carbocycles. The lowest BCUT2D eigenvalue weighted by Crippen LogP contribution is -2.45. The molecule has 0 aliphatic heterocycles. The summed E-state index contributed by atoms with van der Waals surface area (Å²) >= 11 is 9.60. The zero-order chi connectivity index (χ0) is 18.7. The molecule has 0 radical (unpaired) electrons. The Bertz CT molecular complexity index is 622. The van der Waals surface area contributed by atoms with Crippen molar-refractivity contribution in [2.75, 3.05) is 12.4 Å². The Morgan fingerprint density at radius 1 is 1.46 bits per heavy atom. The van der Waals surface area contributed by atoms with Gasteiger partial charge in [-0.05, 0) is 20.8 Å². The number of hydrogen-bond donors (Lipinski definition) is 2. The zero-order valence-corrected chi connectivity index (χ0v) is 14.8. The molecule has 6 nitrogen and oxygen atoms in total. The van der Waals surface area contributed by atoms with Gasteiger partial charge < -0.3 is 10.1 Å². The summed E-state index contributed by atoms with van der Waals surface area (Å²) in [5.41, 5.74) is -1.28. The molecule has 0 saturated carbocycles. The van der Waals surface area contributed by atoms with Crippen LogP contribution in [-0.2, 0) is 20.5 Å². The van der Waals surface area contributed by atoms with Crippen molar-refractivity contribution in [1.29, 1.82) is 0 Å². The molecule has 1 heterocycles. The van der Waals surface area contributed by atoms with Crippen LogP contribution in [0.15, 0.2) is 0 Å². The highest BCUT2D eigenvalue weighted by Gasteiger charge is 2.39. The molecule has 0 aliphatic rings. The molecule has 0 fully saturated rings. The highest BCUT2D eigenvalue weighted by atomic mass is 35.5. The monoisotopic (exact) mass is 387 g/mol. The first-order chi connectivity index (χ1) is 11.0. The molecule has 0 bridgehead atoms. The zero-order valence-electron chi connectivity index (χ0n) is 13.1. The first-order valence-corrected chi connectivity index (χ1v) is 7.95. The molecule has 136 valence electrons. The molecule has 1 unspecified atom stereocenters. The number of carbonyl (C=O) groups is 2. The fourth-order valence-electron chi connectivity index (χ4n) is 1.88. The van der Waals surface area contributed by atoms with Gasteiger partial charge in [-0.2, -0.15) is 30.9 Å². The molecule has 1 aromatic heterocycles. The van der Waals surface area contributed by atoms with Gasteiger partial charge in [-0.25, -0.2) is 4.79 Å².